The van der Waals surface area contributed by atoms with Crippen molar-refractivity contribution in [1.29, 1.82) is 0 Å². The van der Waals surface area contributed by atoms with Crippen molar-refractivity contribution in [2.45, 2.75) is 19.0 Å². The molecule has 2 aromatic rings. The Kier molecular flexibility index (Phi) is 4.37. The van der Waals surface area contributed by atoms with Crippen molar-refractivity contribution >= 4 is 40.5 Å². The fourth-order valence-corrected chi connectivity index (χ4v) is 3.33. The smallest absolute Gasteiger partial charge is 0.188 e. The number of thiophene rings is 1. The highest BCUT2D eigenvalue weighted by Crippen LogP contribution is 2.24. The number of thioether (sulfide) groups is 1. The van der Waals surface area contributed by atoms with Gasteiger partial charge in [0.1, 0.15) is 0 Å². The summed E-state index contributed by atoms with van der Waals surface area (Å²) in [7, 11) is 0. The molecule has 6 heteroatoms. The lowest BCUT2D eigenvalue weighted by atomic mass is 10.4. The second-order valence-electron chi connectivity index (χ2n) is 3.75. The highest BCUT2D eigenvalue weighted by Gasteiger charge is 2.10. The van der Waals surface area contributed by atoms with Gasteiger partial charge < -0.3 is 0 Å². The molecule has 0 aliphatic heterocycles. The first-order chi connectivity index (χ1) is 8.54. The number of halogens is 1. The third-order valence-electron chi connectivity index (χ3n) is 2.14. The van der Waals surface area contributed by atoms with E-state index in [-0.39, 0.29) is 5.78 Å². The van der Waals surface area contributed by atoms with Gasteiger partial charge in [-0.1, -0.05) is 23.4 Å². The van der Waals surface area contributed by atoms with Gasteiger partial charge in [-0.15, -0.1) is 11.3 Å². The molecule has 0 unspecified atom stereocenters. The summed E-state index contributed by atoms with van der Waals surface area (Å²) in [6, 6.07) is 5.39. The number of Topliss-reactive ketones (excluding diaryl/α,β-unsaturated/α-hetero) is 1. The third kappa shape index (κ3) is 3.54. The molecular weight excluding hydrogens is 288 g/mol. The molecule has 0 aromatic carbocycles. The number of aryl methyl sites for hydroxylation is 2. The predicted octanol–water partition coefficient (Wildman–Crippen LogP) is 3.78. The number of hydrogen-bond donors (Lipinski definition) is 0. The maximum absolute atomic E-state index is 11.9. The highest BCUT2D eigenvalue weighted by atomic mass is 35.5. The van der Waals surface area contributed by atoms with Crippen LogP contribution in [0.2, 0.25) is 4.34 Å². The normalized spacial score (nSPS) is 10.6. The van der Waals surface area contributed by atoms with Gasteiger partial charge in [0, 0.05) is 11.4 Å². The molecule has 0 aliphatic carbocycles. The number of aromatic nitrogens is 2. The topological polar surface area (TPSA) is 42.9 Å². The van der Waals surface area contributed by atoms with E-state index in [1.807, 2.05) is 19.9 Å². The van der Waals surface area contributed by atoms with Crippen molar-refractivity contribution < 1.29 is 4.79 Å². The molecule has 0 saturated heterocycles. The van der Waals surface area contributed by atoms with Crippen molar-refractivity contribution in [3.8, 4) is 0 Å². The van der Waals surface area contributed by atoms with E-state index in [0.717, 1.165) is 11.4 Å². The number of ketones is 1. The van der Waals surface area contributed by atoms with Crippen molar-refractivity contribution in [1.82, 2.24) is 9.97 Å². The van der Waals surface area contributed by atoms with Gasteiger partial charge in [-0.3, -0.25) is 4.79 Å². The van der Waals surface area contributed by atoms with Gasteiger partial charge in [-0.05, 0) is 32.0 Å². The molecular formula is C12H11ClN2OS2. The van der Waals surface area contributed by atoms with Gasteiger partial charge in [0.25, 0.3) is 0 Å². The van der Waals surface area contributed by atoms with E-state index in [1.165, 1.54) is 23.1 Å². The van der Waals surface area contributed by atoms with Crippen LogP contribution < -0.4 is 0 Å². The minimum atomic E-state index is 0.0552. The van der Waals surface area contributed by atoms with Crippen LogP contribution in [0.15, 0.2) is 23.4 Å². The van der Waals surface area contributed by atoms with Gasteiger partial charge in [0.15, 0.2) is 10.9 Å². The molecule has 94 valence electrons. The standard InChI is InChI=1S/C12H11ClN2OS2/c1-7-5-8(2)15-12(14-7)17-6-9(16)10-3-4-11(13)18-10/h3-5H,6H2,1-2H3. The zero-order chi connectivity index (χ0) is 13.1. The van der Waals surface area contributed by atoms with Crippen LogP contribution >= 0.6 is 34.7 Å². The summed E-state index contributed by atoms with van der Waals surface area (Å²) >= 11 is 8.45. The molecule has 2 rings (SSSR count). The van der Waals surface area contributed by atoms with E-state index in [4.69, 9.17) is 11.6 Å². The Morgan fingerprint density at radius 2 is 2.00 bits per heavy atom. The summed E-state index contributed by atoms with van der Waals surface area (Å²) in [4.78, 5) is 21.1. The van der Waals surface area contributed by atoms with E-state index in [1.54, 1.807) is 12.1 Å². The molecule has 0 radical (unpaired) electrons. The molecule has 2 heterocycles. The molecule has 0 bridgehead atoms. The Hall–Kier alpha value is -0.910. The van der Waals surface area contributed by atoms with Crippen LogP contribution in [0.1, 0.15) is 21.1 Å². The molecule has 0 amide bonds. The number of carbonyl (C=O) groups excluding carboxylic acids is 1. The molecule has 18 heavy (non-hydrogen) atoms. The van der Waals surface area contributed by atoms with Gasteiger partial charge >= 0.3 is 0 Å². The van der Waals surface area contributed by atoms with Gasteiger partial charge in [-0.2, -0.15) is 0 Å². The first kappa shape index (κ1) is 13.5. The fraction of sp³-hybridized carbons (Fsp3) is 0.250. The molecule has 2 aromatic heterocycles. The summed E-state index contributed by atoms with van der Waals surface area (Å²) in [6.45, 7) is 3.83. The van der Waals surface area contributed by atoms with Crippen LogP contribution in [0, 0.1) is 13.8 Å². The zero-order valence-corrected chi connectivity index (χ0v) is 12.3. The third-order valence-corrected chi connectivity index (χ3v) is 4.26. The van der Waals surface area contributed by atoms with Gasteiger partial charge in [0.2, 0.25) is 0 Å². The summed E-state index contributed by atoms with van der Waals surface area (Å²) in [6.07, 6.45) is 0. The maximum Gasteiger partial charge on any atom is 0.188 e. The second-order valence-corrected chi connectivity index (χ2v) is 6.41. The van der Waals surface area contributed by atoms with Crippen molar-refractivity contribution in [3.05, 3.63) is 38.8 Å². The number of nitrogens with zero attached hydrogens (tertiary/aromatic N) is 2. The average molecular weight is 299 g/mol. The van der Waals surface area contributed by atoms with Crippen LogP contribution in [-0.4, -0.2) is 21.5 Å². The van der Waals surface area contributed by atoms with Gasteiger partial charge in [0.05, 0.1) is 15.0 Å². The Morgan fingerprint density at radius 3 is 2.56 bits per heavy atom. The lowest BCUT2D eigenvalue weighted by Crippen LogP contribution is -2.01. The zero-order valence-electron chi connectivity index (χ0n) is 9.94. The molecule has 0 spiro atoms. The summed E-state index contributed by atoms with van der Waals surface area (Å²) in [5, 5.41) is 0.642. The minimum Gasteiger partial charge on any atom is -0.292 e. The van der Waals surface area contributed by atoms with E-state index >= 15 is 0 Å². The van der Waals surface area contributed by atoms with Crippen LogP contribution in [0.3, 0.4) is 0 Å². The first-order valence-corrected chi connectivity index (χ1v) is 7.46. The maximum atomic E-state index is 11.9. The Labute approximate surface area is 119 Å². The average Bonchev–Trinajstić information content (AvgIpc) is 2.71. The van der Waals surface area contributed by atoms with E-state index in [0.29, 0.717) is 20.1 Å². The second kappa shape index (κ2) is 5.82. The summed E-state index contributed by atoms with van der Waals surface area (Å²) < 4.78 is 0.631. The molecule has 0 saturated carbocycles. The number of rotatable bonds is 4. The van der Waals surface area contributed by atoms with Crippen LogP contribution in [0.5, 0.6) is 0 Å². The lowest BCUT2D eigenvalue weighted by molar-refractivity contribution is 0.102. The van der Waals surface area contributed by atoms with Crippen molar-refractivity contribution in [2.24, 2.45) is 0 Å². The predicted molar refractivity (Wildman–Crippen MR) is 75.9 cm³/mol. The van der Waals surface area contributed by atoms with Gasteiger partial charge in [-0.25, -0.2) is 9.97 Å². The minimum absolute atomic E-state index is 0.0552. The van der Waals surface area contributed by atoms with E-state index in [9.17, 15) is 4.79 Å². The lowest BCUT2D eigenvalue weighted by Gasteiger charge is -2.01. The van der Waals surface area contributed by atoms with E-state index in [2.05, 4.69) is 9.97 Å². The SMILES string of the molecule is Cc1cc(C)nc(SCC(=O)c2ccc(Cl)s2)n1. The number of hydrogen-bond acceptors (Lipinski definition) is 5. The number of carbonyl (C=O) groups is 1. The first-order valence-electron chi connectivity index (χ1n) is 5.28. The van der Waals surface area contributed by atoms with Crippen LogP contribution in [0.25, 0.3) is 0 Å². The quantitative estimate of drug-likeness (QED) is 0.489. The summed E-state index contributed by atoms with van der Waals surface area (Å²) in [5.74, 6) is 0.388. The molecule has 0 aliphatic rings. The van der Waals surface area contributed by atoms with Crippen molar-refractivity contribution in [2.75, 3.05) is 5.75 Å². The molecule has 0 atom stereocenters. The van der Waals surface area contributed by atoms with Crippen LogP contribution in [0.4, 0.5) is 0 Å². The molecule has 0 N–H and O–H groups in total. The largest absolute Gasteiger partial charge is 0.292 e. The fourth-order valence-electron chi connectivity index (χ4n) is 1.42. The summed E-state index contributed by atoms with van der Waals surface area (Å²) in [5.41, 5.74) is 1.83. The highest BCUT2D eigenvalue weighted by molar-refractivity contribution is 7.99. The monoisotopic (exact) mass is 298 g/mol. The van der Waals surface area contributed by atoms with E-state index < -0.39 is 0 Å². The molecule has 3 nitrogen and oxygen atoms in total. The van der Waals surface area contributed by atoms with Crippen LogP contribution in [-0.2, 0) is 0 Å². The van der Waals surface area contributed by atoms with Crippen molar-refractivity contribution in [3.63, 3.8) is 0 Å². The molecule has 0 fully saturated rings. The Balaban J connectivity index is 2.01. The Morgan fingerprint density at radius 1 is 1.33 bits per heavy atom. The Bertz CT molecular complexity index is 563.